The summed E-state index contributed by atoms with van der Waals surface area (Å²) in [4.78, 5) is 14.4. The fraction of sp³-hybridized carbons (Fsp3) is 0.385. The van der Waals surface area contributed by atoms with Crippen molar-refractivity contribution in [1.82, 2.24) is 4.90 Å². The molecule has 0 heterocycles. The molecule has 18 heavy (non-hydrogen) atoms. The van der Waals surface area contributed by atoms with E-state index in [1.54, 1.807) is 4.90 Å². The van der Waals surface area contributed by atoms with Gasteiger partial charge in [0.25, 0.3) is 5.91 Å². The van der Waals surface area contributed by atoms with E-state index in [0.717, 1.165) is 16.5 Å². The van der Waals surface area contributed by atoms with Crippen LogP contribution in [0.15, 0.2) is 22.7 Å². The zero-order chi connectivity index (χ0) is 13.7. The fourth-order valence-corrected chi connectivity index (χ4v) is 2.38. The molecular weight excluding hydrogens is 312 g/mol. The van der Waals surface area contributed by atoms with Gasteiger partial charge in [0.2, 0.25) is 0 Å². The highest BCUT2D eigenvalue weighted by Crippen LogP contribution is 2.17. The maximum atomic E-state index is 12.4. The van der Waals surface area contributed by atoms with Crippen LogP contribution in [0.25, 0.3) is 0 Å². The molecule has 1 aromatic rings. The predicted octanol–water partition coefficient (Wildman–Crippen LogP) is 2.90. The summed E-state index contributed by atoms with van der Waals surface area (Å²) in [6.07, 6.45) is 0.879. The number of carbonyl (C=O) groups is 1. The number of hydrogen-bond acceptors (Lipinski definition) is 2. The van der Waals surface area contributed by atoms with Crippen molar-refractivity contribution in [3.63, 3.8) is 0 Å². The lowest BCUT2D eigenvalue weighted by molar-refractivity contribution is 0.0779. The quantitative estimate of drug-likeness (QED) is 0.845. The number of hydrogen-bond donors (Lipinski definition) is 1. The summed E-state index contributed by atoms with van der Waals surface area (Å²) in [6.45, 7) is 4.93. The second-order valence-corrected chi connectivity index (χ2v) is 5.59. The molecule has 0 aliphatic rings. The third kappa shape index (κ3) is 4.07. The first-order valence-corrected chi connectivity index (χ1v) is 6.99. The van der Waals surface area contributed by atoms with Crippen LogP contribution in [-0.4, -0.2) is 28.9 Å². The van der Waals surface area contributed by atoms with Gasteiger partial charge in [0, 0.05) is 16.6 Å². The van der Waals surface area contributed by atoms with E-state index in [0.29, 0.717) is 23.6 Å². The number of thiocarbonyl (C=S) groups is 1. The first kappa shape index (κ1) is 15.1. The lowest BCUT2D eigenvalue weighted by atomic mass is 10.1. The topological polar surface area (TPSA) is 46.3 Å². The average Bonchev–Trinajstić information content (AvgIpc) is 2.27. The van der Waals surface area contributed by atoms with E-state index in [4.69, 9.17) is 18.0 Å². The number of carbonyl (C=O) groups excluding carboxylic acids is 1. The molecule has 0 atom stereocenters. The van der Waals surface area contributed by atoms with Crippen molar-refractivity contribution in [2.75, 3.05) is 13.1 Å². The van der Waals surface area contributed by atoms with Crippen LogP contribution in [0.3, 0.4) is 0 Å². The summed E-state index contributed by atoms with van der Waals surface area (Å²) in [7, 11) is 0. The smallest absolute Gasteiger partial charge is 0.254 e. The van der Waals surface area contributed by atoms with E-state index in [1.165, 1.54) is 0 Å². The zero-order valence-corrected chi connectivity index (χ0v) is 13.0. The molecule has 0 fully saturated rings. The second kappa shape index (κ2) is 6.85. The Balaban J connectivity index is 2.97. The lowest BCUT2D eigenvalue weighted by Crippen LogP contribution is -2.38. The Labute approximate surface area is 121 Å². The Bertz CT molecular complexity index is 462. The molecule has 0 aliphatic heterocycles. The molecule has 98 valence electrons. The molecule has 0 saturated heterocycles. The minimum Gasteiger partial charge on any atom is -0.392 e. The second-order valence-electron chi connectivity index (χ2n) is 4.15. The lowest BCUT2D eigenvalue weighted by Gasteiger charge is -2.22. The summed E-state index contributed by atoms with van der Waals surface area (Å²) in [5.74, 6) is -0.0188. The first-order valence-electron chi connectivity index (χ1n) is 5.79. The molecule has 0 spiro atoms. The number of aryl methyl sites for hydroxylation is 1. The summed E-state index contributed by atoms with van der Waals surface area (Å²) in [5.41, 5.74) is 7.17. The minimum atomic E-state index is -0.0188. The van der Waals surface area contributed by atoms with Crippen molar-refractivity contribution in [2.45, 2.75) is 20.3 Å². The van der Waals surface area contributed by atoms with Crippen LogP contribution in [0.4, 0.5) is 0 Å². The van der Waals surface area contributed by atoms with E-state index in [1.807, 2.05) is 32.0 Å². The van der Waals surface area contributed by atoms with Gasteiger partial charge >= 0.3 is 0 Å². The number of nitrogens with two attached hydrogens (primary N) is 1. The Morgan fingerprint density at radius 3 is 2.67 bits per heavy atom. The van der Waals surface area contributed by atoms with E-state index in [9.17, 15) is 4.79 Å². The van der Waals surface area contributed by atoms with Crippen molar-refractivity contribution >= 4 is 39.0 Å². The van der Waals surface area contributed by atoms with Gasteiger partial charge in [0.05, 0.1) is 11.5 Å². The molecule has 1 amide bonds. The third-order valence-electron chi connectivity index (χ3n) is 2.55. The van der Waals surface area contributed by atoms with Gasteiger partial charge in [-0.05, 0) is 37.1 Å². The highest BCUT2D eigenvalue weighted by atomic mass is 79.9. The van der Waals surface area contributed by atoms with Crippen molar-refractivity contribution in [3.8, 4) is 0 Å². The number of benzene rings is 1. The molecule has 0 radical (unpaired) electrons. The molecule has 2 N–H and O–H groups in total. The van der Waals surface area contributed by atoms with Crippen molar-refractivity contribution in [2.24, 2.45) is 5.73 Å². The standard InChI is InChI=1S/C13H17BrN2OS/c1-3-6-16(8-12(15)18)13(17)11-5-4-10(14)7-9(11)2/h4-5,7H,3,6,8H2,1-2H3,(H2,15,18). The van der Waals surface area contributed by atoms with Crippen LogP contribution >= 0.6 is 28.1 Å². The monoisotopic (exact) mass is 328 g/mol. The van der Waals surface area contributed by atoms with E-state index in [2.05, 4.69) is 15.9 Å². The van der Waals surface area contributed by atoms with Gasteiger partial charge in [0.1, 0.15) is 0 Å². The van der Waals surface area contributed by atoms with Crippen molar-refractivity contribution < 1.29 is 4.79 Å². The van der Waals surface area contributed by atoms with E-state index >= 15 is 0 Å². The van der Waals surface area contributed by atoms with Crippen molar-refractivity contribution in [3.05, 3.63) is 33.8 Å². The van der Waals surface area contributed by atoms with Crippen LogP contribution in [0.1, 0.15) is 29.3 Å². The molecule has 1 aromatic carbocycles. The summed E-state index contributed by atoms with van der Waals surface area (Å²) in [5, 5.41) is 0. The normalized spacial score (nSPS) is 10.2. The van der Waals surface area contributed by atoms with Crippen LogP contribution in [0.5, 0.6) is 0 Å². The molecule has 5 heteroatoms. The Morgan fingerprint density at radius 2 is 2.17 bits per heavy atom. The van der Waals surface area contributed by atoms with Gasteiger partial charge in [-0.25, -0.2) is 0 Å². The summed E-state index contributed by atoms with van der Waals surface area (Å²) < 4.78 is 0.966. The highest BCUT2D eigenvalue weighted by Gasteiger charge is 2.17. The van der Waals surface area contributed by atoms with Gasteiger partial charge < -0.3 is 10.6 Å². The predicted molar refractivity (Wildman–Crippen MR) is 81.9 cm³/mol. The van der Waals surface area contributed by atoms with Crippen LogP contribution in [-0.2, 0) is 0 Å². The number of nitrogens with zero attached hydrogens (tertiary/aromatic N) is 1. The summed E-state index contributed by atoms with van der Waals surface area (Å²) in [6, 6.07) is 5.62. The molecule has 3 nitrogen and oxygen atoms in total. The van der Waals surface area contributed by atoms with Crippen LogP contribution < -0.4 is 5.73 Å². The number of halogens is 1. The molecule has 0 aliphatic carbocycles. The Kier molecular flexibility index (Phi) is 5.75. The molecule has 0 saturated carbocycles. The highest BCUT2D eigenvalue weighted by molar-refractivity contribution is 9.10. The van der Waals surface area contributed by atoms with Gasteiger partial charge in [-0.15, -0.1) is 0 Å². The summed E-state index contributed by atoms with van der Waals surface area (Å²) >= 11 is 8.27. The first-order chi connectivity index (χ1) is 8.45. The van der Waals surface area contributed by atoms with E-state index in [-0.39, 0.29) is 5.91 Å². The van der Waals surface area contributed by atoms with Gasteiger partial charge in [-0.2, -0.15) is 0 Å². The maximum absolute atomic E-state index is 12.4. The Morgan fingerprint density at radius 1 is 1.50 bits per heavy atom. The average molecular weight is 329 g/mol. The number of amides is 1. The maximum Gasteiger partial charge on any atom is 0.254 e. The molecule has 0 bridgehead atoms. The van der Waals surface area contributed by atoms with Gasteiger partial charge in [-0.3, -0.25) is 4.79 Å². The van der Waals surface area contributed by atoms with Crippen molar-refractivity contribution in [1.29, 1.82) is 0 Å². The fourth-order valence-electron chi connectivity index (χ4n) is 1.75. The van der Waals surface area contributed by atoms with Crippen LogP contribution in [0.2, 0.25) is 0 Å². The zero-order valence-electron chi connectivity index (χ0n) is 10.6. The molecule has 0 unspecified atom stereocenters. The minimum absolute atomic E-state index is 0.0188. The van der Waals surface area contributed by atoms with E-state index < -0.39 is 0 Å². The Hall–Kier alpha value is -0.940. The molecular formula is C13H17BrN2OS. The SMILES string of the molecule is CCCN(CC(N)=S)C(=O)c1ccc(Br)cc1C. The van der Waals surface area contributed by atoms with Crippen LogP contribution in [0, 0.1) is 6.92 Å². The third-order valence-corrected chi connectivity index (χ3v) is 3.17. The van der Waals surface area contributed by atoms with Gasteiger partial charge in [-0.1, -0.05) is 35.1 Å². The largest absolute Gasteiger partial charge is 0.392 e. The molecule has 1 rings (SSSR count). The molecule has 0 aromatic heterocycles. The number of rotatable bonds is 5. The van der Waals surface area contributed by atoms with Gasteiger partial charge in [0.15, 0.2) is 0 Å².